The average molecular weight is 329 g/mol. The van der Waals surface area contributed by atoms with E-state index in [4.69, 9.17) is 23.2 Å². The van der Waals surface area contributed by atoms with Gasteiger partial charge in [-0.15, -0.1) is 0 Å². The van der Waals surface area contributed by atoms with Gasteiger partial charge in [-0.25, -0.2) is 0 Å². The lowest BCUT2D eigenvalue weighted by molar-refractivity contribution is -0.122. The summed E-state index contributed by atoms with van der Waals surface area (Å²) in [4.78, 5) is 16.5. The summed E-state index contributed by atoms with van der Waals surface area (Å²) in [6, 6.07) is 5.13. The average Bonchev–Trinajstić information content (AvgIpc) is 2.84. The molecule has 1 aromatic carbocycles. The Kier molecular flexibility index (Phi) is 4.41. The zero-order valence-corrected chi connectivity index (χ0v) is 13.1. The third-order valence-electron chi connectivity index (χ3n) is 4.26. The van der Waals surface area contributed by atoms with Gasteiger partial charge in [0.2, 0.25) is 5.91 Å². The number of rotatable bonds is 2. The molecule has 1 aromatic rings. The Balaban J connectivity index is 1.75. The topological polar surface area (TPSA) is 43.8 Å². The molecule has 1 amide bonds. The van der Waals surface area contributed by atoms with E-state index in [-0.39, 0.29) is 18.1 Å². The second-order valence-electron chi connectivity index (χ2n) is 5.68. The maximum absolute atomic E-state index is 12.6. The predicted molar refractivity (Wildman–Crippen MR) is 84.0 cm³/mol. The molecule has 2 aliphatic heterocycles. The Morgan fingerprint density at radius 3 is 2.67 bits per heavy atom. The zero-order chi connectivity index (χ0) is 15.0. The van der Waals surface area contributed by atoms with Crippen molar-refractivity contribution < 1.29 is 9.90 Å². The molecular formula is C15H18Cl2N2O2. The molecule has 0 spiro atoms. The summed E-state index contributed by atoms with van der Waals surface area (Å²) in [5, 5.41) is 10.7. The second kappa shape index (κ2) is 6.13. The summed E-state index contributed by atoms with van der Waals surface area (Å²) in [5.74, 6) is 0.0856. The number of hydrogen-bond donors (Lipinski definition) is 1. The highest BCUT2D eigenvalue weighted by molar-refractivity contribution is 6.42. The minimum atomic E-state index is -0.314. The van der Waals surface area contributed by atoms with Crippen LogP contribution in [0.3, 0.4) is 0 Å². The fourth-order valence-electron chi connectivity index (χ4n) is 3.18. The van der Waals surface area contributed by atoms with Gasteiger partial charge in [-0.3, -0.25) is 9.69 Å². The van der Waals surface area contributed by atoms with E-state index in [1.165, 1.54) is 0 Å². The molecule has 6 heteroatoms. The lowest BCUT2D eigenvalue weighted by Gasteiger charge is -2.33. The van der Waals surface area contributed by atoms with Gasteiger partial charge in [0.15, 0.2) is 0 Å². The number of likely N-dealkylation sites (tertiary alicyclic amines) is 1. The van der Waals surface area contributed by atoms with E-state index in [2.05, 4.69) is 4.90 Å². The van der Waals surface area contributed by atoms with Gasteiger partial charge in [0, 0.05) is 18.8 Å². The Bertz CT molecular complexity index is 552. The number of carbonyl (C=O) groups excluding carboxylic acids is 1. The summed E-state index contributed by atoms with van der Waals surface area (Å²) in [6.07, 6.45) is 2.24. The summed E-state index contributed by atoms with van der Waals surface area (Å²) in [5.41, 5.74) is 0.787. The fraction of sp³-hybridized carbons (Fsp3) is 0.533. The summed E-state index contributed by atoms with van der Waals surface area (Å²) in [7, 11) is 0. The molecule has 0 aromatic heterocycles. The molecule has 3 rings (SSSR count). The normalized spacial score (nSPS) is 27.4. The standard InChI is InChI=1S/C15H18Cl2N2O2/c16-12-4-3-10(8-13(12)17)19-7-5-14(15(19)21)18-6-1-2-11(20)9-18/h3-4,8,11,14,20H,1-2,5-7,9H2. The van der Waals surface area contributed by atoms with E-state index in [0.29, 0.717) is 23.1 Å². The number of hydrogen-bond acceptors (Lipinski definition) is 3. The Morgan fingerprint density at radius 1 is 1.14 bits per heavy atom. The Morgan fingerprint density at radius 2 is 1.95 bits per heavy atom. The molecule has 2 saturated heterocycles. The first kappa shape index (κ1) is 15.1. The SMILES string of the molecule is O=C1C(N2CCCC(O)C2)CCN1c1ccc(Cl)c(Cl)c1. The number of halogens is 2. The molecule has 0 saturated carbocycles. The Hall–Kier alpha value is -0.810. The van der Waals surface area contributed by atoms with Gasteiger partial charge in [0.1, 0.15) is 0 Å². The number of piperidine rings is 1. The van der Waals surface area contributed by atoms with Gasteiger partial charge in [-0.1, -0.05) is 23.2 Å². The van der Waals surface area contributed by atoms with E-state index in [0.717, 1.165) is 31.5 Å². The van der Waals surface area contributed by atoms with Crippen LogP contribution >= 0.6 is 23.2 Å². The van der Waals surface area contributed by atoms with E-state index in [1.54, 1.807) is 17.0 Å². The van der Waals surface area contributed by atoms with Crippen molar-refractivity contribution in [2.75, 3.05) is 24.5 Å². The first-order valence-corrected chi connectivity index (χ1v) is 8.00. The van der Waals surface area contributed by atoms with Gasteiger partial charge in [0.05, 0.1) is 22.2 Å². The van der Waals surface area contributed by atoms with E-state index < -0.39 is 0 Å². The number of amides is 1. The zero-order valence-electron chi connectivity index (χ0n) is 11.6. The number of carbonyl (C=O) groups is 1. The molecule has 2 fully saturated rings. The number of β-amino-alcohol motifs (C(OH)–C–C–N with tert-alkyl or cyclic N) is 1. The molecule has 2 unspecified atom stereocenters. The van der Waals surface area contributed by atoms with Gasteiger partial charge >= 0.3 is 0 Å². The van der Waals surface area contributed by atoms with Gasteiger partial charge in [-0.05, 0) is 44.0 Å². The van der Waals surface area contributed by atoms with Crippen LogP contribution in [0.25, 0.3) is 0 Å². The maximum atomic E-state index is 12.6. The van der Waals surface area contributed by atoms with Crippen molar-refractivity contribution in [3.8, 4) is 0 Å². The van der Waals surface area contributed by atoms with Crippen molar-refractivity contribution in [2.45, 2.75) is 31.4 Å². The van der Waals surface area contributed by atoms with Crippen molar-refractivity contribution in [2.24, 2.45) is 0 Å². The minimum absolute atomic E-state index is 0.0856. The summed E-state index contributed by atoms with van der Waals surface area (Å²) in [6.45, 7) is 2.14. The van der Waals surface area contributed by atoms with Crippen molar-refractivity contribution in [1.29, 1.82) is 0 Å². The molecule has 114 valence electrons. The first-order chi connectivity index (χ1) is 10.1. The van der Waals surface area contributed by atoms with E-state index in [1.807, 2.05) is 6.07 Å². The van der Waals surface area contributed by atoms with Crippen LogP contribution in [0.15, 0.2) is 18.2 Å². The molecule has 0 bridgehead atoms. The second-order valence-corrected chi connectivity index (χ2v) is 6.50. The van der Waals surface area contributed by atoms with Gasteiger partial charge in [-0.2, -0.15) is 0 Å². The summed E-state index contributed by atoms with van der Waals surface area (Å²) >= 11 is 11.9. The van der Waals surface area contributed by atoms with Gasteiger partial charge < -0.3 is 10.0 Å². The predicted octanol–water partition coefficient (Wildman–Crippen LogP) is 2.56. The Labute approximate surface area is 134 Å². The molecule has 2 aliphatic rings. The smallest absolute Gasteiger partial charge is 0.244 e. The largest absolute Gasteiger partial charge is 0.392 e. The molecule has 2 heterocycles. The number of aliphatic hydroxyl groups is 1. The van der Waals surface area contributed by atoms with Crippen LogP contribution in [0.1, 0.15) is 19.3 Å². The van der Waals surface area contributed by atoms with Crippen molar-refractivity contribution >= 4 is 34.8 Å². The highest BCUT2D eigenvalue weighted by atomic mass is 35.5. The quantitative estimate of drug-likeness (QED) is 0.907. The van der Waals surface area contributed by atoms with Crippen LogP contribution < -0.4 is 4.90 Å². The highest BCUT2D eigenvalue weighted by Crippen LogP contribution is 2.31. The number of anilines is 1. The van der Waals surface area contributed by atoms with E-state index >= 15 is 0 Å². The lowest BCUT2D eigenvalue weighted by Crippen LogP contribution is -2.48. The molecule has 0 aliphatic carbocycles. The molecule has 0 radical (unpaired) electrons. The van der Waals surface area contributed by atoms with Crippen LogP contribution in [0, 0.1) is 0 Å². The van der Waals surface area contributed by atoms with E-state index in [9.17, 15) is 9.90 Å². The lowest BCUT2D eigenvalue weighted by atomic mass is 10.1. The van der Waals surface area contributed by atoms with Crippen LogP contribution in [-0.4, -0.2) is 47.7 Å². The highest BCUT2D eigenvalue weighted by Gasteiger charge is 2.38. The number of aliphatic hydroxyl groups excluding tert-OH is 1. The molecule has 4 nitrogen and oxygen atoms in total. The fourth-order valence-corrected chi connectivity index (χ4v) is 3.47. The van der Waals surface area contributed by atoms with Crippen LogP contribution in [0.5, 0.6) is 0 Å². The maximum Gasteiger partial charge on any atom is 0.244 e. The number of nitrogens with zero attached hydrogens (tertiary/aromatic N) is 2. The van der Waals surface area contributed by atoms with Crippen LogP contribution in [0.4, 0.5) is 5.69 Å². The van der Waals surface area contributed by atoms with Crippen molar-refractivity contribution in [3.05, 3.63) is 28.2 Å². The number of benzene rings is 1. The van der Waals surface area contributed by atoms with Crippen molar-refractivity contribution in [3.63, 3.8) is 0 Å². The molecule has 2 atom stereocenters. The summed E-state index contributed by atoms with van der Waals surface area (Å²) < 4.78 is 0. The molecular weight excluding hydrogens is 311 g/mol. The minimum Gasteiger partial charge on any atom is -0.392 e. The monoisotopic (exact) mass is 328 g/mol. The first-order valence-electron chi connectivity index (χ1n) is 7.25. The van der Waals surface area contributed by atoms with Crippen LogP contribution in [0.2, 0.25) is 10.0 Å². The van der Waals surface area contributed by atoms with Crippen molar-refractivity contribution in [1.82, 2.24) is 4.90 Å². The third-order valence-corrected chi connectivity index (χ3v) is 5.00. The van der Waals surface area contributed by atoms with Gasteiger partial charge in [0.25, 0.3) is 0 Å². The van der Waals surface area contributed by atoms with Crippen LogP contribution in [-0.2, 0) is 4.79 Å². The molecule has 1 N–H and O–H groups in total. The molecule has 21 heavy (non-hydrogen) atoms. The third kappa shape index (κ3) is 3.04.